The van der Waals surface area contributed by atoms with Crippen molar-refractivity contribution < 1.29 is 9.59 Å². The molecule has 5 heteroatoms. The van der Waals surface area contributed by atoms with E-state index in [1.807, 2.05) is 12.3 Å². The second-order valence-electron chi connectivity index (χ2n) is 8.27. The number of carbonyl (C=O) groups is 2. The zero-order valence-electron chi connectivity index (χ0n) is 15.5. The first-order valence-electron chi connectivity index (χ1n) is 10.2. The number of piperidine rings is 1. The number of amides is 2. The molecule has 0 bridgehead atoms. The number of rotatable bonds is 5. The van der Waals surface area contributed by atoms with E-state index in [1.165, 1.54) is 12.0 Å². The number of aromatic nitrogens is 1. The fourth-order valence-electron chi connectivity index (χ4n) is 4.12. The van der Waals surface area contributed by atoms with Crippen LogP contribution in [0, 0.1) is 17.8 Å². The second kappa shape index (κ2) is 7.77. The number of likely N-dealkylation sites (tertiary alicyclic amines) is 1. The van der Waals surface area contributed by atoms with Crippen LogP contribution >= 0.6 is 0 Å². The summed E-state index contributed by atoms with van der Waals surface area (Å²) in [7, 11) is 0. The Balaban J connectivity index is 1.23. The molecule has 1 N–H and O–H groups in total. The van der Waals surface area contributed by atoms with Crippen molar-refractivity contribution in [1.29, 1.82) is 0 Å². The summed E-state index contributed by atoms with van der Waals surface area (Å²) in [4.78, 5) is 30.8. The molecule has 2 saturated carbocycles. The Bertz CT molecular complexity index is 642. The van der Waals surface area contributed by atoms with Crippen molar-refractivity contribution >= 4 is 17.6 Å². The first-order valence-corrected chi connectivity index (χ1v) is 10.2. The summed E-state index contributed by atoms with van der Waals surface area (Å²) in [5.74, 6) is 2.29. The van der Waals surface area contributed by atoms with E-state index in [0.717, 1.165) is 64.5 Å². The zero-order chi connectivity index (χ0) is 17.9. The van der Waals surface area contributed by atoms with Crippen LogP contribution in [-0.4, -0.2) is 34.8 Å². The van der Waals surface area contributed by atoms with Gasteiger partial charge in [0.25, 0.3) is 0 Å². The maximum absolute atomic E-state index is 12.3. The van der Waals surface area contributed by atoms with Crippen molar-refractivity contribution in [2.75, 3.05) is 18.4 Å². The van der Waals surface area contributed by atoms with Gasteiger partial charge < -0.3 is 10.2 Å². The number of nitrogens with zero attached hydrogens (tertiary/aromatic N) is 2. The van der Waals surface area contributed by atoms with Gasteiger partial charge >= 0.3 is 0 Å². The average Bonchev–Trinajstić information content (AvgIpc) is 2.54. The van der Waals surface area contributed by atoms with Gasteiger partial charge in [0.2, 0.25) is 11.8 Å². The van der Waals surface area contributed by atoms with Crippen LogP contribution in [0.4, 0.5) is 5.82 Å². The first-order chi connectivity index (χ1) is 12.7. The van der Waals surface area contributed by atoms with Gasteiger partial charge in [-0.15, -0.1) is 0 Å². The average molecular weight is 355 g/mol. The van der Waals surface area contributed by atoms with Gasteiger partial charge in [0, 0.05) is 31.1 Å². The number of hydrogen-bond acceptors (Lipinski definition) is 3. The molecule has 0 unspecified atom stereocenters. The summed E-state index contributed by atoms with van der Waals surface area (Å²) in [5, 5.41) is 2.92. The summed E-state index contributed by atoms with van der Waals surface area (Å²) in [6.07, 6.45) is 11.6. The predicted molar refractivity (Wildman–Crippen MR) is 101 cm³/mol. The molecule has 2 amide bonds. The summed E-state index contributed by atoms with van der Waals surface area (Å²) >= 11 is 0. The number of nitrogens with one attached hydrogen (secondary N) is 1. The Morgan fingerprint density at radius 2 is 1.69 bits per heavy atom. The van der Waals surface area contributed by atoms with Gasteiger partial charge in [0.15, 0.2) is 0 Å². The maximum Gasteiger partial charge on any atom is 0.228 e. The molecule has 0 radical (unpaired) electrons. The normalized spacial score (nSPS) is 21.8. The van der Waals surface area contributed by atoms with Crippen LogP contribution in [0.1, 0.15) is 56.9 Å². The van der Waals surface area contributed by atoms with Crippen molar-refractivity contribution in [2.45, 2.75) is 57.8 Å². The maximum atomic E-state index is 12.3. The Hall–Kier alpha value is -1.91. The lowest BCUT2D eigenvalue weighted by Crippen LogP contribution is -2.43. The van der Waals surface area contributed by atoms with E-state index in [-0.39, 0.29) is 11.8 Å². The summed E-state index contributed by atoms with van der Waals surface area (Å²) < 4.78 is 0. The number of carbonyl (C=O) groups excluding carboxylic acids is 2. The van der Waals surface area contributed by atoms with Gasteiger partial charge in [-0.05, 0) is 62.5 Å². The summed E-state index contributed by atoms with van der Waals surface area (Å²) in [6, 6.07) is 4.00. The van der Waals surface area contributed by atoms with Gasteiger partial charge in [0.1, 0.15) is 5.82 Å². The van der Waals surface area contributed by atoms with E-state index in [2.05, 4.69) is 21.3 Å². The second-order valence-corrected chi connectivity index (χ2v) is 8.27. The largest absolute Gasteiger partial charge is 0.342 e. The molecular formula is C21H29N3O2. The molecule has 1 saturated heterocycles. The van der Waals surface area contributed by atoms with Crippen LogP contribution in [0.25, 0.3) is 0 Å². The minimum absolute atomic E-state index is 0.111. The van der Waals surface area contributed by atoms with Crippen LogP contribution in [0.5, 0.6) is 0 Å². The quantitative estimate of drug-likeness (QED) is 0.880. The summed E-state index contributed by atoms with van der Waals surface area (Å²) in [5.41, 5.74) is 1.22. The summed E-state index contributed by atoms with van der Waals surface area (Å²) in [6.45, 7) is 1.81. The molecule has 1 aromatic rings. The van der Waals surface area contributed by atoms with E-state index < -0.39 is 0 Å². The Labute approximate surface area is 155 Å². The highest BCUT2D eigenvalue weighted by Gasteiger charge is 2.31. The van der Waals surface area contributed by atoms with Gasteiger partial charge in [-0.1, -0.05) is 18.9 Å². The molecule has 2 heterocycles. The molecular weight excluding hydrogens is 326 g/mol. The monoisotopic (exact) mass is 355 g/mol. The Morgan fingerprint density at radius 1 is 1.00 bits per heavy atom. The van der Waals surface area contributed by atoms with Gasteiger partial charge in [-0.2, -0.15) is 0 Å². The van der Waals surface area contributed by atoms with Crippen molar-refractivity contribution in [3.8, 4) is 0 Å². The minimum Gasteiger partial charge on any atom is -0.342 e. The fraction of sp³-hybridized carbons (Fsp3) is 0.667. The lowest BCUT2D eigenvalue weighted by molar-refractivity contribution is -0.139. The fourth-order valence-corrected chi connectivity index (χ4v) is 4.12. The van der Waals surface area contributed by atoms with Crippen LogP contribution in [-0.2, 0) is 16.0 Å². The van der Waals surface area contributed by atoms with Crippen molar-refractivity contribution in [1.82, 2.24) is 9.88 Å². The predicted octanol–water partition coefficient (Wildman–Crippen LogP) is 3.40. The van der Waals surface area contributed by atoms with E-state index in [4.69, 9.17) is 0 Å². The highest BCUT2D eigenvalue weighted by Crippen LogP contribution is 2.31. The third-order valence-electron chi connectivity index (χ3n) is 6.46. The molecule has 2 aliphatic carbocycles. The third-order valence-corrected chi connectivity index (χ3v) is 6.46. The van der Waals surface area contributed by atoms with Gasteiger partial charge in [-0.3, -0.25) is 9.59 Å². The number of anilines is 1. The van der Waals surface area contributed by atoms with E-state index >= 15 is 0 Å². The Morgan fingerprint density at radius 3 is 2.23 bits per heavy atom. The van der Waals surface area contributed by atoms with Crippen LogP contribution in [0.2, 0.25) is 0 Å². The highest BCUT2D eigenvalue weighted by atomic mass is 16.2. The lowest BCUT2D eigenvalue weighted by atomic mass is 9.83. The van der Waals surface area contributed by atoms with Crippen molar-refractivity contribution in [2.24, 2.45) is 17.8 Å². The van der Waals surface area contributed by atoms with Gasteiger partial charge in [-0.25, -0.2) is 4.98 Å². The topological polar surface area (TPSA) is 62.3 Å². The standard InChI is InChI=1S/C21H29N3O2/c25-20(17-3-1-4-17)23-19-8-7-16(14-22-19)13-15-9-11-24(12-10-15)21(26)18-5-2-6-18/h7-8,14-15,17-18H,1-6,9-13H2,(H,22,23,25). The van der Waals surface area contributed by atoms with E-state index in [1.54, 1.807) is 0 Å². The minimum atomic E-state index is 0.111. The lowest BCUT2D eigenvalue weighted by Gasteiger charge is -2.36. The molecule has 1 aromatic heterocycles. The molecule has 4 rings (SSSR count). The molecule has 3 aliphatic rings. The van der Waals surface area contributed by atoms with Crippen LogP contribution in [0.15, 0.2) is 18.3 Å². The molecule has 5 nitrogen and oxygen atoms in total. The van der Waals surface area contributed by atoms with E-state index in [9.17, 15) is 9.59 Å². The highest BCUT2D eigenvalue weighted by molar-refractivity contribution is 5.92. The van der Waals surface area contributed by atoms with Crippen molar-refractivity contribution in [3.05, 3.63) is 23.9 Å². The number of hydrogen-bond donors (Lipinski definition) is 1. The molecule has 26 heavy (non-hydrogen) atoms. The molecule has 0 spiro atoms. The number of pyridine rings is 1. The van der Waals surface area contributed by atoms with Crippen molar-refractivity contribution in [3.63, 3.8) is 0 Å². The first kappa shape index (κ1) is 17.5. The van der Waals surface area contributed by atoms with Crippen LogP contribution in [0.3, 0.4) is 0 Å². The molecule has 0 atom stereocenters. The molecule has 1 aliphatic heterocycles. The smallest absolute Gasteiger partial charge is 0.228 e. The zero-order valence-corrected chi connectivity index (χ0v) is 15.5. The van der Waals surface area contributed by atoms with Crippen LogP contribution < -0.4 is 5.32 Å². The third kappa shape index (κ3) is 3.92. The SMILES string of the molecule is O=C(Nc1ccc(CC2CCN(C(=O)C3CCC3)CC2)cn1)C1CCC1. The Kier molecular flexibility index (Phi) is 5.23. The van der Waals surface area contributed by atoms with E-state index in [0.29, 0.717) is 23.6 Å². The van der Waals surface area contributed by atoms with Gasteiger partial charge in [0.05, 0.1) is 0 Å². The molecule has 0 aromatic carbocycles. The molecule has 140 valence electrons. The molecule has 3 fully saturated rings.